The molecule has 9 heteroatoms. The number of rotatable bonds is 8. The molecule has 0 saturated carbocycles. The molecule has 0 bridgehead atoms. The maximum Gasteiger partial charge on any atom is 0.407 e. The van der Waals surface area contributed by atoms with E-state index < -0.39 is 36.7 Å². The molecular weight excluding hydrogens is 428 g/mol. The third-order valence-corrected chi connectivity index (χ3v) is 6.08. The van der Waals surface area contributed by atoms with Crippen LogP contribution in [0, 0.1) is 5.92 Å². The number of aliphatic hydroxyl groups excluding tert-OH is 1. The first-order valence-corrected chi connectivity index (χ1v) is 10.8. The number of nitrogens with one attached hydrogen (secondary N) is 2. The van der Waals surface area contributed by atoms with E-state index in [1.165, 1.54) is 0 Å². The number of aliphatic hydroxyl groups is 1. The molecule has 4 N–H and O–H groups in total. The van der Waals surface area contributed by atoms with E-state index in [1.807, 2.05) is 36.4 Å². The summed E-state index contributed by atoms with van der Waals surface area (Å²) in [6.45, 7) is 0.297. The Morgan fingerprint density at radius 2 is 1.67 bits per heavy atom. The number of fused-ring (bicyclic) bond motifs is 3. The van der Waals surface area contributed by atoms with E-state index in [1.54, 1.807) is 0 Å². The van der Waals surface area contributed by atoms with Crippen molar-refractivity contribution in [1.82, 2.24) is 10.6 Å². The number of amides is 2. The summed E-state index contributed by atoms with van der Waals surface area (Å²) in [5, 5.41) is 23.1. The van der Waals surface area contributed by atoms with E-state index in [0.717, 1.165) is 22.3 Å². The molecule has 2 aliphatic rings. The van der Waals surface area contributed by atoms with Gasteiger partial charge < -0.3 is 30.3 Å². The molecule has 2 aromatic rings. The van der Waals surface area contributed by atoms with Crippen molar-refractivity contribution in [3.05, 3.63) is 59.7 Å². The quantitative estimate of drug-likeness (QED) is 0.475. The van der Waals surface area contributed by atoms with Gasteiger partial charge >= 0.3 is 12.1 Å². The van der Waals surface area contributed by atoms with E-state index in [0.29, 0.717) is 13.0 Å². The van der Waals surface area contributed by atoms with E-state index in [4.69, 9.17) is 14.6 Å². The Bertz CT molecular complexity index is 995. The summed E-state index contributed by atoms with van der Waals surface area (Å²) in [4.78, 5) is 35.3. The van der Waals surface area contributed by atoms with Crippen LogP contribution in [0.5, 0.6) is 0 Å². The maximum atomic E-state index is 12.4. The van der Waals surface area contributed by atoms with Crippen LogP contribution >= 0.6 is 0 Å². The van der Waals surface area contributed by atoms with Crippen molar-refractivity contribution < 1.29 is 34.1 Å². The van der Waals surface area contributed by atoms with Crippen LogP contribution in [0.1, 0.15) is 23.5 Å². The van der Waals surface area contributed by atoms with Crippen LogP contribution in [-0.2, 0) is 19.1 Å². The molecule has 1 aliphatic heterocycles. The Hall–Kier alpha value is -3.43. The summed E-state index contributed by atoms with van der Waals surface area (Å²) in [6.07, 6.45) is -2.54. The number of carbonyl (C=O) groups excluding carboxylic acids is 2. The summed E-state index contributed by atoms with van der Waals surface area (Å²) in [6, 6.07) is 16.1. The highest BCUT2D eigenvalue weighted by atomic mass is 16.5. The number of carbonyl (C=O) groups is 3. The van der Waals surface area contributed by atoms with Crippen LogP contribution in [0.15, 0.2) is 48.5 Å². The number of carboxylic acids is 1. The predicted octanol–water partition coefficient (Wildman–Crippen LogP) is 1.49. The summed E-state index contributed by atoms with van der Waals surface area (Å²) in [5.41, 5.74) is 4.53. The van der Waals surface area contributed by atoms with Gasteiger partial charge in [-0.2, -0.15) is 0 Å². The fourth-order valence-electron chi connectivity index (χ4n) is 4.38. The van der Waals surface area contributed by atoms with E-state index in [-0.39, 0.29) is 25.0 Å². The first-order chi connectivity index (χ1) is 16.0. The lowest BCUT2D eigenvalue weighted by molar-refractivity contribution is -0.146. The standard InChI is InChI=1S/C24H26N2O7/c27-20(23(29)30)12-25-22(28)21-14(9-10-32-21)11-26-24(31)33-13-19-17-7-3-1-5-15(17)16-6-2-4-8-18(16)19/h1-8,14,19-21,27H,9-13H2,(H,25,28)(H,26,31)(H,29,30)/t14-,20-,21-/m0/s1. The second-order valence-electron chi connectivity index (χ2n) is 8.15. The van der Waals surface area contributed by atoms with Gasteiger partial charge in [0.2, 0.25) is 5.91 Å². The van der Waals surface area contributed by atoms with Gasteiger partial charge in [-0.15, -0.1) is 0 Å². The molecule has 9 nitrogen and oxygen atoms in total. The second-order valence-corrected chi connectivity index (χ2v) is 8.15. The zero-order valence-corrected chi connectivity index (χ0v) is 17.9. The van der Waals surface area contributed by atoms with Crippen molar-refractivity contribution in [3.63, 3.8) is 0 Å². The lowest BCUT2D eigenvalue weighted by Crippen LogP contribution is -2.45. The molecule has 0 aromatic heterocycles. The van der Waals surface area contributed by atoms with Crippen molar-refractivity contribution >= 4 is 18.0 Å². The van der Waals surface area contributed by atoms with Crippen LogP contribution in [0.25, 0.3) is 11.1 Å². The van der Waals surface area contributed by atoms with Crippen molar-refractivity contribution in [2.45, 2.75) is 24.5 Å². The van der Waals surface area contributed by atoms with Gasteiger partial charge in [0.15, 0.2) is 6.10 Å². The molecule has 1 fully saturated rings. The Balaban J connectivity index is 1.28. The van der Waals surface area contributed by atoms with Gasteiger partial charge in [0.1, 0.15) is 12.7 Å². The zero-order chi connectivity index (χ0) is 23.4. The van der Waals surface area contributed by atoms with Gasteiger partial charge in [-0.05, 0) is 28.7 Å². The predicted molar refractivity (Wildman–Crippen MR) is 118 cm³/mol. The minimum absolute atomic E-state index is 0.0443. The number of hydrogen-bond donors (Lipinski definition) is 4. The van der Waals surface area contributed by atoms with Gasteiger partial charge in [0.05, 0.1) is 6.54 Å². The summed E-state index contributed by atoms with van der Waals surface area (Å²) < 4.78 is 10.9. The van der Waals surface area contributed by atoms with Crippen LogP contribution in [0.3, 0.4) is 0 Å². The molecule has 0 unspecified atom stereocenters. The zero-order valence-electron chi connectivity index (χ0n) is 17.9. The third kappa shape index (κ3) is 4.99. The molecular formula is C24H26N2O7. The largest absolute Gasteiger partial charge is 0.479 e. The molecule has 0 spiro atoms. The highest BCUT2D eigenvalue weighted by Gasteiger charge is 2.35. The minimum atomic E-state index is -1.69. The van der Waals surface area contributed by atoms with Crippen molar-refractivity contribution in [2.24, 2.45) is 5.92 Å². The number of alkyl carbamates (subject to hydrolysis) is 1. The molecule has 3 atom stereocenters. The van der Waals surface area contributed by atoms with Crippen LogP contribution < -0.4 is 10.6 Å². The number of carboxylic acid groups (broad SMARTS) is 1. The Kier molecular flexibility index (Phi) is 6.90. The number of hydrogen-bond acceptors (Lipinski definition) is 6. The molecule has 1 aliphatic carbocycles. The van der Waals surface area contributed by atoms with Crippen molar-refractivity contribution in [1.29, 1.82) is 0 Å². The van der Waals surface area contributed by atoms with Gasteiger partial charge in [0.25, 0.3) is 0 Å². The maximum absolute atomic E-state index is 12.4. The molecule has 33 heavy (non-hydrogen) atoms. The second kappa shape index (κ2) is 10.0. The highest BCUT2D eigenvalue weighted by molar-refractivity contribution is 5.82. The smallest absolute Gasteiger partial charge is 0.407 e. The fourth-order valence-corrected chi connectivity index (χ4v) is 4.38. The Morgan fingerprint density at radius 1 is 1.03 bits per heavy atom. The molecule has 0 radical (unpaired) electrons. The number of ether oxygens (including phenoxy) is 2. The molecule has 174 valence electrons. The summed E-state index contributed by atoms with van der Waals surface area (Å²) >= 11 is 0. The normalized spacial score (nSPS) is 19.9. The van der Waals surface area contributed by atoms with Gasteiger partial charge in [0, 0.05) is 25.0 Å². The monoisotopic (exact) mass is 454 g/mol. The summed E-state index contributed by atoms with van der Waals surface area (Å²) in [7, 11) is 0. The van der Waals surface area contributed by atoms with E-state index >= 15 is 0 Å². The SMILES string of the molecule is O=C(NC[C@@H]1CCO[C@@H]1C(=O)NC[C@H](O)C(=O)O)OCC1c2ccccc2-c2ccccc21. The summed E-state index contributed by atoms with van der Waals surface area (Å²) in [5.74, 6) is -2.27. The van der Waals surface area contributed by atoms with Crippen molar-refractivity contribution in [2.75, 3.05) is 26.3 Å². The number of aliphatic carboxylic acids is 1. The Labute approximate surface area is 190 Å². The molecule has 1 saturated heterocycles. The lowest BCUT2D eigenvalue weighted by Gasteiger charge is -2.19. The van der Waals surface area contributed by atoms with Crippen molar-refractivity contribution in [3.8, 4) is 11.1 Å². The lowest BCUT2D eigenvalue weighted by atomic mass is 9.98. The fraction of sp³-hybridized carbons (Fsp3) is 0.375. The molecule has 2 aromatic carbocycles. The first kappa shape index (κ1) is 22.8. The van der Waals surface area contributed by atoms with Crippen LogP contribution in [-0.4, -0.2) is 66.7 Å². The molecule has 4 rings (SSSR count). The first-order valence-electron chi connectivity index (χ1n) is 10.8. The minimum Gasteiger partial charge on any atom is -0.479 e. The van der Waals surface area contributed by atoms with E-state index in [9.17, 15) is 19.5 Å². The van der Waals surface area contributed by atoms with Gasteiger partial charge in [-0.3, -0.25) is 4.79 Å². The van der Waals surface area contributed by atoms with Gasteiger partial charge in [-0.25, -0.2) is 9.59 Å². The topological polar surface area (TPSA) is 134 Å². The molecule has 2 amide bonds. The van der Waals surface area contributed by atoms with Crippen LogP contribution in [0.4, 0.5) is 4.79 Å². The average molecular weight is 454 g/mol. The Morgan fingerprint density at radius 3 is 2.30 bits per heavy atom. The number of benzene rings is 2. The van der Waals surface area contributed by atoms with Gasteiger partial charge in [-0.1, -0.05) is 48.5 Å². The third-order valence-electron chi connectivity index (χ3n) is 6.08. The van der Waals surface area contributed by atoms with E-state index in [2.05, 4.69) is 22.8 Å². The van der Waals surface area contributed by atoms with Crippen LogP contribution in [0.2, 0.25) is 0 Å². The highest BCUT2D eigenvalue weighted by Crippen LogP contribution is 2.44. The average Bonchev–Trinajstić information content (AvgIpc) is 3.42. The molecule has 1 heterocycles.